The Morgan fingerprint density at radius 1 is 1.18 bits per heavy atom. The lowest BCUT2D eigenvalue weighted by Crippen LogP contribution is -2.50. The molecule has 4 rings (SSSR count). The van der Waals surface area contributed by atoms with Crippen LogP contribution < -0.4 is 0 Å². The fourth-order valence-corrected chi connectivity index (χ4v) is 4.17. The molecule has 1 amide bonds. The Morgan fingerprint density at radius 2 is 1.93 bits per heavy atom. The zero-order chi connectivity index (χ0) is 19.7. The third-order valence-corrected chi connectivity index (χ3v) is 5.87. The Bertz CT molecular complexity index is 823. The maximum Gasteiger partial charge on any atom is 0.254 e. The molecular weight excluding hydrogens is 350 g/mol. The number of nitrogens with zero attached hydrogens (tertiary/aromatic N) is 3. The highest BCUT2D eigenvalue weighted by Crippen LogP contribution is 2.37. The number of aryl methyl sites for hydroxylation is 2. The van der Waals surface area contributed by atoms with Gasteiger partial charge in [0.25, 0.3) is 5.91 Å². The molecule has 1 saturated heterocycles. The summed E-state index contributed by atoms with van der Waals surface area (Å²) in [5, 5.41) is 4.52. The van der Waals surface area contributed by atoms with Gasteiger partial charge < -0.3 is 9.64 Å². The molecule has 1 aromatic carbocycles. The van der Waals surface area contributed by atoms with Gasteiger partial charge in [-0.2, -0.15) is 5.10 Å². The molecule has 1 aliphatic carbocycles. The van der Waals surface area contributed by atoms with E-state index in [1.807, 2.05) is 47.7 Å². The van der Waals surface area contributed by atoms with Gasteiger partial charge in [0, 0.05) is 24.3 Å². The molecule has 0 N–H and O–H groups in total. The van der Waals surface area contributed by atoms with Gasteiger partial charge in [0.1, 0.15) is 0 Å². The molecule has 0 radical (unpaired) electrons. The monoisotopic (exact) mass is 381 g/mol. The molecule has 0 unspecified atom stereocenters. The molecule has 2 atom stereocenters. The van der Waals surface area contributed by atoms with Crippen LogP contribution >= 0.6 is 0 Å². The number of amides is 1. The molecular formula is C23H31N3O2. The van der Waals surface area contributed by atoms with Gasteiger partial charge in [-0.25, -0.2) is 4.68 Å². The number of morpholine rings is 1. The molecule has 28 heavy (non-hydrogen) atoms. The lowest BCUT2D eigenvalue weighted by Gasteiger charge is -2.38. The first kappa shape index (κ1) is 19.2. The van der Waals surface area contributed by atoms with Crippen LogP contribution in [0.1, 0.15) is 60.8 Å². The average Bonchev–Trinajstić information content (AvgIpc) is 3.50. The number of carbonyl (C=O) groups is 1. The second-order valence-corrected chi connectivity index (χ2v) is 8.37. The fraction of sp³-hybridized carbons (Fsp3) is 0.565. The van der Waals surface area contributed by atoms with Crippen molar-refractivity contribution in [2.75, 3.05) is 13.1 Å². The number of carbonyl (C=O) groups excluding carboxylic acids is 1. The van der Waals surface area contributed by atoms with E-state index in [0.29, 0.717) is 12.5 Å². The van der Waals surface area contributed by atoms with E-state index in [2.05, 4.69) is 18.1 Å². The summed E-state index contributed by atoms with van der Waals surface area (Å²) in [6.45, 7) is 7.67. The Hall–Kier alpha value is -2.14. The predicted octanol–water partition coefficient (Wildman–Crippen LogP) is 4.30. The van der Waals surface area contributed by atoms with Crippen LogP contribution in [0.4, 0.5) is 0 Å². The van der Waals surface area contributed by atoms with Crippen LogP contribution in [-0.2, 0) is 4.74 Å². The van der Waals surface area contributed by atoms with Crippen molar-refractivity contribution in [3.63, 3.8) is 0 Å². The maximum absolute atomic E-state index is 13.2. The Balaban J connectivity index is 1.48. The molecule has 2 heterocycles. The van der Waals surface area contributed by atoms with E-state index in [-0.39, 0.29) is 18.1 Å². The third-order valence-electron chi connectivity index (χ3n) is 5.87. The Morgan fingerprint density at radius 3 is 2.54 bits per heavy atom. The van der Waals surface area contributed by atoms with Crippen molar-refractivity contribution in [3.05, 3.63) is 47.3 Å². The summed E-state index contributed by atoms with van der Waals surface area (Å²) in [7, 11) is 0. The lowest BCUT2D eigenvalue weighted by molar-refractivity contribution is -0.0874. The standard InChI is InChI=1S/C23H31N3O2/c1-4-5-6-21-14-25(15-22(28-21)18-7-8-18)23(27)19-9-11-20(12-10-19)26-17(3)13-16(2)24-26/h9-13,18,21-22H,4-8,14-15H2,1-3H3/t21-,22-/m1/s1. The number of benzene rings is 1. The van der Waals surface area contributed by atoms with Crippen molar-refractivity contribution in [1.29, 1.82) is 0 Å². The number of hydrogen-bond acceptors (Lipinski definition) is 3. The summed E-state index contributed by atoms with van der Waals surface area (Å²) >= 11 is 0. The summed E-state index contributed by atoms with van der Waals surface area (Å²) in [6, 6.07) is 9.88. The normalized spacial score (nSPS) is 22.5. The molecule has 1 aromatic heterocycles. The fourth-order valence-electron chi connectivity index (χ4n) is 4.17. The minimum atomic E-state index is 0.121. The first-order valence-corrected chi connectivity index (χ1v) is 10.6. The highest BCUT2D eigenvalue weighted by Gasteiger charge is 2.39. The summed E-state index contributed by atoms with van der Waals surface area (Å²) in [6.07, 6.45) is 6.23. The van der Waals surface area contributed by atoms with Gasteiger partial charge in [-0.15, -0.1) is 0 Å². The molecule has 150 valence electrons. The SMILES string of the molecule is CCCC[C@@H]1CN(C(=O)c2ccc(-n3nc(C)cc3C)cc2)C[C@H](C2CC2)O1. The Kier molecular flexibility index (Phi) is 5.54. The zero-order valence-electron chi connectivity index (χ0n) is 17.2. The van der Waals surface area contributed by atoms with Crippen molar-refractivity contribution in [2.24, 2.45) is 5.92 Å². The van der Waals surface area contributed by atoms with Gasteiger partial charge in [0.15, 0.2) is 0 Å². The summed E-state index contributed by atoms with van der Waals surface area (Å²) in [4.78, 5) is 15.2. The molecule has 2 aliphatic rings. The van der Waals surface area contributed by atoms with E-state index < -0.39 is 0 Å². The van der Waals surface area contributed by atoms with E-state index in [0.717, 1.165) is 48.4 Å². The van der Waals surface area contributed by atoms with Crippen molar-refractivity contribution in [1.82, 2.24) is 14.7 Å². The molecule has 2 aromatic rings. The maximum atomic E-state index is 13.2. The van der Waals surface area contributed by atoms with Gasteiger partial charge in [-0.05, 0) is 69.4 Å². The van der Waals surface area contributed by atoms with Crippen LogP contribution in [-0.4, -0.2) is 45.9 Å². The molecule has 5 heteroatoms. The highest BCUT2D eigenvalue weighted by atomic mass is 16.5. The van der Waals surface area contributed by atoms with Gasteiger partial charge in [0.05, 0.1) is 23.6 Å². The van der Waals surface area contributed by atoms with Crippen LogP contribution in [0, 0.1) is 19.8 Å². The number of rotatable bonds is 6. The van der Waals surface area contributed by atoms with E-state index >= 15 is 0 Å². The van der Waals surface area contributed by atoms with Gasteiger partial charge >= 0.3 is 0 Å². The second-order valence-electron chi connectivity index (χ2n) is 8.37. The zero-order valence-corrected chi connectivity index (χ0v) is 17.2. The number of hydrogen-bond donors (Lipinski definition) is 0. The molecule has 0 bridgehead atoms. The van der Waals surface area contributed by atoms with Crippen LogP contribution in [0.15, 0.2) is 30.3 Å². The van der Waals surface area contributed by atoms with E-state index in [1.54, 1.807) is 0 Å². The Labute approximate surface area is 167 Å². The van der Waals surface area contributed by atoms with Crippen molar-refractivity contribution in [2.45, 2.75) is 65.1 Å². The number of unbranched alkanes of at least 4 members (excludes halogenated alkanes) is 1. The summed E-state index contributed by atoms with van der Waals surface area (Å²) in [5.41, 5.74) is 3.82. The van der Waals surface area contributed by atoms with Gasteiger partial charge in [-0.3, -0.25) is 4.79 Å². The molecule has 0 spiro atoms. The molecule has 1 saturated carbocycles. The van der Waals surface area contributed by atoms with E-state index in [1.165, 1.54) is 12.8 Å². The average molecular weight is 382 g/mol. The van der Waals surface area contributed by atoms with Crippen molar-refractivity contribution < 1.29 is 9.53 Å². The second kappa shape index (κ2) is 8.08. The quantitative estimate of drug-likeness (QED) is 0.749. The molecule has 2 fully saturated rings. The molecule has 1 aliphatic heterocycles. The summed E-state index contributed by atoms with van der Waals surface area (Å²) < 4.78 is 8.23. The first-order valence-electron chi connectivity index (χ1n) is 10.6. The predicted molar refractivity (Wildman–Crippen MR) is 110 cm³/mol. The molecule has 5 nitrogen and oxygen atoms in total. The minimum Gasteiger partial charge on any atom is -0.371 e. The minimum absolute atomic E-state index is 0.121. The van der Waals surface area contributed by atoms with E-state index in [9.17, 15) is 4.79 Å². The topological polar surface area (TPSA) is 47.4 Å². The first-order chi connectivity index (χ1) is 13.5. The largest absolute Gasteiger partial charge is 0.371 e. The summed E-state index contributed by atoms with van der Waals surface area (Å²) in [5.74, 6) is 0.767. The van der Waals surface area contributed by atoms with Gasteiger partial charge in [0.2, 0.25) is 0 Å². The number of ether oxygens (including phenoxy) is 1. The van der Waals surface area contributed by atoms with Crippen LogP contribution in [0.3, 0.4) is 0 Å². The lowest BCUT2D eigenvalue weighted by atomic mass is 10.1. The van der Waals surface area contributed by atoms with Crippen LogP contribution in [0.2, 0.25) is 0 Å². The van der Waals surface area contributed by atoms with Crippen molar-refractivity contribution >= 4 is 5.91 Å². The number of aromatic nitrogens is 2. The van der Waals surface area contributed by atoms with Crippen molar-refractivity contribution in [3.8, 4) is 5.69 Å². The highest BCUT2D eigenvalue weighted by molar-refractivity contribution is 5.94. The third kappa shape index (κ3) is 4.14. The van der Waals surface area contributed by atoms with Crippen LogP contribution in [0.25, 0.3) is 5.69 Å². The van der Waals surface area contributed by atoms with Gasteiger partial charge in [-0.1, -0.05) is 19.8 Å². The smallest absolute Gasteiger partial charge is 0.254 e. The van der Waals surface area contributed by atoms with E-state index in [4.69, 9.17) is 4.74 Å². The van der Waals surface area contributed by atoms with Crippen LogP contribution in [0.5, 0.6) is 0 Å².